The molecule has 0 unspecified atom stereocenters. The number of amides is 4. The Morgan fingerprint density at radius 1 is 0.857 bits per heavy atom. The summed E-state index contributed by atoms with van der Waals surface area (Å²) in [5.41, 5.74) is 0.176. The van der Waals surface area contributed by atoms with Crippen LogP contribution in [0, 0.1) is 0 Å². The Morgan fingerprint density at radius 3 is 2.11 bits per heavy atom. The lowest BCUT2D eigenvalue weighted by molar-refractivity contribution is 0.0186. The van der Waals surface area contributed by atoms with Crippen molar-refractivity contribution in [2.24, 2.45) is 0 Å². The molecule has 2 saturated heterocycles. The Hall–Kier alpha value is -2.71. The number of aromatic nitrogens is 1. The van der Waals surface area contributed by atoms with Crippen LogP contribution in [0.3, 0.4) is 0 Å². The lowest BCUT2D eigenvalue weighted by Crippen LogP contribution is -2.55. The lowest BCUT2D eigenvalue weighted by Gasteiger charge is -2.37. The molecule has 1 aliphatic carbocycles. The molecule has 1 N–H and O–H groups in total. The van der Waals surface area contributed by atoms with E-state index in [1.54, 1.807) is 4.90 Å². The Balaban J connectivity index is 1.28. The van der Waals surface area contributed by atoms with Gasteiger partial charge in [0.15, 0.2) is 0 Å². The van der Waals surface area contributed by atoms with Crippen molar-refractivity contribution >= 4 is 18.0 Å². The van der Waals surface area contributed by atoms with Gasteiger partial charge in [-0.3, -0.25) is 4.79 Å². The van der Waals surface area contributed by atoms with Gasteiger partial charge in [0.2, 0.25) is 0 Å². The average molecular weight is 488 g/mol. The van der Waals surface area contributed by atoms with Gasteiger partial charge in [-0.1, -0.05) is 19.3 Å². The highest BCUT2D eigenvalue weighted by atomic mass is 16.6. The van der Waals surface area contributed by atoms with Crippen LogP contribution in [0.1, 0.15) is 82.2 Å². The van der Waals surface area contributed by atoms with E-state index in [-0.39, 0.29) is 24.1 Å². The first kappa shape index (κ1) is 25.4. The fourth-order valence-corrected chi connectivity index (χ4v) is 5.33. The molecule has 3 fully saturated rings. The largest absolute Gasteiger partial charge is 0.444 e. The van der Waals surface area contributed by atoms with Gasteiger partial charge in [0, 0.05) is 57.5 Å². The molecule has 1 aromatic heterocycles. The molecular formula is C26H41N5O4. The van der Waals surface area contributed by atoms with Crippen LogP contribution in [-0.4, -0.2) is 88.2 Å². The van der Waals surface area contributed by atoms with Gasteiger partial charge in [-0.25, -0.2) is 9.59 Å². The first-order chi connectivity index (χ1) is 16.7. The van der Waals surface area contributed by atoms with Gasteiger partial charge in [0.1, 0.15) is 11.3 Å². The fourth-order valence-electron chi connectivity index (χ4n) is 5.33. The van der Waals surface area contributed by atoms with Crippen LogP contribution in [0.25, 0.3) is 0 Å². The number of rotatable bonds is 3. The number of piperidine rings is 1. The molecule has 9 nitrogen and oxygen atoms in total. The fraction of sp³-hybridized carbons (Fsp3) is 0.731. The van der Waals surface area contributed by atoms with Crippen LogP contribution in [0.15, 0.2) is 18.3 Å². The molecule has 3 heterocycles. The normalized spacial score (nSPS) is 20.6. The minimum Gasteiger partial charge on any atom is -0.444 e. The van der Waals surface area contributed by atoms with Crippen molar-refractivity contribution in [3.05, 3.63) is 24.0 Å². The van der Waals surface area contributed by atoms with Crippen LogP contribution in [0.5, 0.6) is 0 Å². The Kier molecular flexibility index (Phi) is 7.91. The zero-order valence-electron chi connectivity index (χ0n) is 21.5. The van der Waals surface area contributed by atoms with Gasteiger partial charge in [-0.05, 0) is 58.6 Å². The number of nitrogens with one attached hydrogen (secondary N) is 1. The summed E-state index contributed by atoms with van der Waals surface area (Å²) in [4.78, 5) is 43.8. The molecule has 0 spiro atoms. The van der Waals surface area contributed by atoms with Crippen molar-refractivity contribution in [2.45, 2.75) is 83.4 Å². The highest BCUT2D eigenvalue weighted by Gasteiger charge is 2.31. The molecular weight excluding hydrogens is 446 g/mol. The Morgan fingerprint density at radius 2 is 1.49 bits per heavy atom. The van der Waals surface area contributed by atoms with E-state index in [2.05, 4.69) is 9.88 Å². The van der Waals surface area contributed by atoms with E-state index in [1.807, 2.05) is 48.9 Å². The summed E-state index contributed by atoms with van der Waals surface area (Å²) in [5, 5.41) is 3.18. The highest BCUT2D eigenvalue weighted by molar-refractivity contribution is 5.93. The lowest BCUT2D eigenvalue weighted by atomic mass is 9.96. The number of carbonyl (C=O) groups is 3. The summed E-state index contributed by atoms with van der Waals surface area (Å²) >= 11 is 0. The molecule has 3 aliphatic rings. The minimum absolute atomic E-state index is 0.00382. The molecule has 35 heavy (non-hydrogen) atoms. The first-order valence-corrected chi connectivity index (χ1v) is 13.2. The summed E-state index contributed by atoms with van der Waals surface area (Å²) in [7, 11) is 0. The molecule has 4 amide bonds. The molecule has 1 saturated carbocycles. The van der Waals surface area contributed by atoms with Crippen molar-refractivity contribution in [1.82, 2.24) is 24.6 Å². The van der Waals surface area contributed by atoms with Gasteiger partial charge < -0.3 is 29.3 Å². The van der Waals surface area contributed by atoms with Gasteiger partial charge in [0.25, 0.3) is 5.91 Å². The van der Waals surface area contributed by atoms with Crippen molar-refractivity contribution in [3.63, 3.8) is 0 Å². The first-order valence-electron chi connectivity index (χ1n) is 13.2. The van der Waals surface area contributed by atoms with Gasteiger partial charge in [0.05, 0.1) is 0 Å². The summed E-state index contributed by atoms with van der Waals surface area (Å²) in [6, 6.07) is 4.27. The summed E-state index contributed by atoms with van der Waals surface area (Å²) in [6.45, 7) is 9.03. The number of hydrogen-bond acceptors (Lipinski definition) is 4. The second-order valence-corrected chi connectivity index (χ2v) is 11.1. The molecule has 0 atom stereocenters. The second kappa shape index (κ2) is 10.9. The number of urea groups is 1. The van der Waals surface area contributed by atoms with Crippen molar-refractivity contribution in [1.29, 1.82) is 0 Å². The quantitative estimate of drug-likeness (QED) is 0.701. The van der Waals surface area contributed by atoms with Crippen LogP contribution >= 0.6 is 0 Å². The number of hydrogen-bond donors (Lipinski definition) is 1. The van der Waals surface area contributed by atoms with Crippen LogP contribution < -0.4 is 5.32 Å². The van der Waals surface area contributed by atoms with Crippen LogP contribution in [0.4, 0.5) is 9.59 Å². The Labute approximate surface area is 208 Å². The molecule has 0 radical (unpaired) electrons. The van der Waals surface area contributed by atoms with Crippen LogP contribution in [-0.2, 0) is 4.74 Å². The van der Waals surface area contributed by atoms with Gasteiger partial charge in [-0.2, -0.15) is 0 Å². The van der Waals surface area contributed by atoms with E-state index in [0.717, 1.165) is 25.7 Å². The second-order valence-electron chi connectivity index (χ2n) is 11.1. The van der Waals surface area contributed by atoms with E-state index in [1.165, 1.54) is 19.3 Å². The van der Waals surface area contributed by atoms with Crippen molar-refractivity contribution < 1.29 is 19.1 Å². The number of carbonyl (C=O) groups excluding carboxylic acids is 3. The third-order valence-electron chi connectivity index (χ3n) is 7.29. The van der Waals surface area contributed by atoms with E-state index in [9.17, 15) is 14.4 Å². The topological polar surface area (TPSA) is 87.1 Å². The van der Waals surface area contributed by atoms with Crippen molar-refractivity contribution in [3.8, 4) is 0 Å². The molecule has 1 aromatic rings. The smallest absolute Gasteiger partial charge is 0.410 e. The summed E-state index contributed by atoms with van der Waals surface area (Å²) in [5.74, 6) is 0.0110. The molecule has 2 aliphatic heterocycles. The van der Waals surface area contributed by atoms with E-state index >= 15 is 0 Å². The monoisotopic (exact) mass is 487 g/mol. The summed E-state index contributed by atoms with van der Waals surface area (Å²) in [6.07, 6.45) is 9.03. The average Bonchev–Trinajstić information content (AvgIpc) is 3.33. The molecule has 9 heteroatoms. The predicted molar refractivity (Wildman–Crippen MR) is 133 cm³/mol. The number of piperazine rings is 1. The maximum atomic E-state index is 13.3. The van der Waals surface area contributed by atoms with E-state index < -0.39 is 5.60 Å². The molecule has 4 rings (SSSR count). The summed E-state index contributed by atoms with van der Waals surface area (Å²) < 4.78 is 7.57. The SMILES string of the molecule is CC(C)(C)OC(=O)N1CCC(n2cccc2C(=O)N2CCN(C(=O)NC3CCCCC3)CC2)CC1. The minimum atomic E-state index is -0.505. The predicted octanol–water partition coefficient (Wildman–Crippen LogP) is 3.86. The number of ether oxygens (including phenoxy) is 1. The number of nitrogens with zero attached hydrogens (tertiary/aromatic N) is 4. The standard InChI is InChI=1S/C26H41N5O4/c1-26(2,3)35-25(34)30-14-11-21(12-15-30)31-13-7-10-22(31)23(32)28-16-18-29(19-17-28)24(33)27-20-8-5-4-6-9-20/h7,10,13,20-21H,4-6,8-9,11-12,14-19H2,1-3H3,(H,27,33). The maximum Gasteiger partial charge on any atom is 0.410 e. The third kappa shape index (κ3) is 6.49. The Bertz CT molecular complexity index is 886. The molecule has 0 aromatic carbocycles. The maximum absolute atomic E-state index is 13.3. The molecule has 0 bridgehead atoms. The van der Waals surface area contributed by atoms with Crippen molar-refractivity contribution in [2.75, 3.05) is 39.3 Å². The van der Waals surface area contributed by atoms with Crippen LogP contribution in [0.2, 0.25) is 0 Å². The molecule has 194 valence electrons. The zero-order valence-corrected chi connectivity index (χ0v) is 21.5. The van der Waals surface area contributed by atoms with Gasteiger partial charge in [-0.15, -0.1) is 0 Å². The zero-order chi connectivity index (χ0) is 25.0. The van der Waals surface area contributed by atoms with E-state index in [4.69, 9.17) is 4.74 Å². The number of likely N-dealkylation sites (tertiary alicyclic amines) is 1. The highest BCUT2D eigenvalue weighted by Crippen LogP contribution is 2.26. The van der Waals surface area contributed by atoms with Gasteiger partial charge >= 0.3 is 12.1 Å². The van der Waals surface area contributed by atoms with E-state index in [0.29, 0.717) is 51.0 Å². The third-order valence-corrected chi connectivity index (χ3v) is 7.29.